The van der Waals surface area contributed by atoms with Gasteiger partial charge in [-0.1, -0.05) is 13.0 Å². The molecule has 0 amide bonds. The van der Waals surface area contributed by atoms with Gasteiger partial charge in [-0.15, -0.1) is 11.6 Å². The maximum absolute atomic E-state index is 5.76. The van der Waals surface area contributed by atoms with E-state index in [0.717, 1.165) is 17.9 Å². The number of alkyl halides is 1. The van der Waals surface area contributed by atoms with E-state index < -0.39 is 0 Å². The SMILES string of the molecule is CC1SCCN(c2ccc(CCl)cn2)C1C. The molecule has 1 aromatic heterocycles. The van der Waals surface area contributed by atoms with Gasteiger partial charge in [0.15, 0.2) is 0 Å². The zero-order valence-corrected chi connectivity index (χ0v) is 11.3. The lowest BCUT2D eigenvalue weighted by atomic mass is 10.2. The lowest BCUT2D eigenvalue weighted by Crippen LogP contribution is -2.45. The minimum atomic E-state index is 0.537. The maximum Gasteiger partial charge on any atom is 0.128 e. The van der Waals surface area contributed by atoms with Gasteiger partial charge in [0, 0.05) is 35.7 Å². The third kappa shape index (κ3) is 2.46. The van der Waals surface area contributed by atoms with Gasteiger partial charge in [-0.2, -0.15) is 11.8 Å². The Kier molecular flexibility index (Phi) is 3.98. The first-order valence-corrected chi connectivity index (χ1v) is 7.20. The van der Waals surface area contributed by atoms with Gasteiger partial charge in [-0.05, 0) is 18.6 Å². The van der Waals surface area contributed by atoms with Crippen molar-refractivity contribution in [1.29, 1.82) is 0 Å². The van der Waals surface area contributed by atoms with Gasteiger partial charge in [0.05, 0.1) is 0 Å². The number of hydrogen-bond donors (Lipinski definition) is 0. The van der Waals surface area contributed by atoms with Crippen LogP contribution >= 0.6 is 23.4 Å². The Bertz CT molecular complexity index is 341. The van der Waals surface area contributed by atoms with Crippen molar-refractivity contribution < 1.29 is 0 Å². The molecule has 0 aromatic carbocycles. The molecule has 16 heavy (non-hydrogen) atoms. The lowest BCUT2D eigenvalue weighted by Gasteiger charge is -2.38. The van der Waals surface area contributed by atoms with Gasteiger partial charge in [0.25, 0.3) is 0 Å². The summed E-state index contributed by atoms with van der Waals surface area (Å²) < 4.78 is 0. The third-order valence-corrected chi connectivity index (χ3v) is 4.79. The highest BCUT2D eigenvalue weighted by Gasteiger charge is 2.25. The Morgan fingerprint density at radius 2 is 2.31 bits per heavy atom. The standard InChI is InChI=1S/C12H17ClN2S/c1-9-10(2)16-6-5-15(9)12-4-3-11(7-13)8-14-12/h3-4,8-10H,5-7H2,1-2H3. The van der Waals surface area contributed by atoms with Gasteiger partial charge in [0.2, 0.25) is 0 Å². The number of nitrogens with zero attached hydrogens (tertiary/aromatic N) is 2. The Hall–Kier alpha value is -0.410. The summed E-state index contributed by atoms with van der Waals surface area (Å²) in [6, 6.07) is 4.69. The number of anilines is 1. The maximum atomic E-state index is 5.76. The second-order valence-electron chi connectivity index (χ2n) is 4.17. The van der Waals surface area contributed by atoms with Crippen LogP contribution in [-0.4, -0.2) is 28.6 Å². The van der Waals surface area contributed by atoms with Crippen LogP contribution in [0.15, 0.2) is 18.3 Å². The Labute approximate surface area is 106 Å². The molecule has 0 saturated carbocycles. The van der Waals surface area contributed by atoms with Gasteiger partial charge >= 0.3 is 0 Å². The van der Waals surface area contributed by atoms with Crippen LogP contribution in [-0.2, 0) is 5.88 Å². The number of halogens is 1. The number of aromatic nitrogens is 1. The average Bonchev–Trinajstić information content (AvgIpc) is 2.33. The van der Waals surface area contributed by atoms with Crippen molar-refractivity contribution in [3.05, 3.63) is 23.9 Å². The fraction of sp³-hybridized carbons (Fsp3) is 0.583. The summed E-state index contributed by atoms with van der Waals surface area (Å²) in [6.07, 6.45) is 1.88. The van der Waals surface area contributed by atoms with Crippen molar-refractivity contribution in [1.82, 2.24) is 4.98 Å². The lowest BCUT2D eigenvalue weighted by molar-refractivity contribution is 0.620. The Morgan fingerprint density at radius 3 is 2.94 bits per heavy atom. The Morgan fingerprint density at radius 1 is 1.50 bits per heavy atom. The predicted molar refractivity (Wildman–Crippen MR) is 72.5 cm³/mol. The highest BCUT2D eigenvalue weighted by molar-refractivity contribution is 8.00. The van der Waals surface area contributed by atoms with E-state index >= 15 is 0 Å². The molecule has 2 rings (SSSR count). The van der Waals surface area contributed by atoms with Gasteiger partial charge in [0.1, 0.15) is 5.82 Å². The van der Waals surface area contributed by atoms with Crippen LogP contribution in [0.1, 0.15) is 19.4 Å². The molecule has 1 fully saturated rings. The summed E-state index contributed by atoms with van der Waals surface area (Å²) in [4.78, 5) is 6.88. The first-order chi connectivity index (χ1) is 7.72. The molecule has 2 unspecified atom stereocenters. The van der Waals surface area contributed by atoms with Crippen molar-refractivity contribution in [3.8, 4) is 0 Å². The van der Waals surface area contributed by atoms with Crippen molar-refractivity contribution in [2.75, 3.05) is 17.2 Å². The first kappa shape index (κ1) is 12.1. The molecule has 1 saturated heterocycles. The monoisotopic (exact) mass is 256 g/mol. The second-order valence-corrected chi connectivity index (χ2v) is 5.92. The van der Waals surface area contributed by atoms with E-state index in [1.165, 1.54) is 5.75 Å². The molecular weight excluding hydrogens is 240 g/mol. The van der Waals surface area contributed by atoms with Gasteiger partial charge in [-0.3, -0.25) is 0 Å². The molecule has 0 spiro atoms. The fourth-order valence-electron chi connectivity index (χ4n) is 1.92. The molecule has 2 atom stereocenters. The van der Waals surface area contributed by atoms with Crippen LogP contribution in [0.3, 0.4) is 0 Å². The van der Waals surface area contributed by atoms with E-state index in [1.54, 1.807) is 0 Å². The number of thioether (sulfide) groups is 1. The summed E-state index contributed by atoms with van der Waals surface area (Å²) in [6.45, 7) is 5.64. The predicted octanol–water partition coefficient (Wildman–Crippen LogP) is 3.15. The van der Waals surface area contributed by atoms with E-state index in [9.17, 15) is 0 Å². The number of rotatable bonds is 2. The fourth-order valence-corrected chi connectivity index (χ4v) is 3.18. The zero-order chi connectivity index (χ0) is 11.5. The van der Waals surface area contributed by atoms with Crippen LogP contribution in [0.2, 0.25) is 0 Å². The summed E-state index contributed by atoms with van der Waals surface area (Å²) in [5.41, 5.74) is 1.08. The number of hydrogen-bond acceptors (Lipinski definition) is 3. The minimum absolute atomic E-state index is 0.537. The van der Waals surface area contributed by atoms with E-state index in [2.05, 4.69) is 35.9 Å². The van der Waals surface area contributed by atoms with Crippen molar-refractivity contribution in [3.63, 3.8) is 0 Å². The summed E-state index contributed by atoms with van der Waals surface area (Å²) in [7, 11) is 0. The van der Waals surface area contributed by atoms with E-state index in [4.69, 9.17) is 11.6 Å². The quantitative estimate of drug-likeness (QED) is 0.757. The topological polar surface area (TPSA) is 16.1 Å². The first-order valence-electron chi connectivity index (χ1n) is 5.61. The minimum Gasteiger partial charge on any atom is -0.352 e. The molecule has 0 radical (unpaired) electrons. The smallest absolute Gasteiger partial charge is 0.128 e. The molecule has 1 aliphatic heterocycles. The third-order valence-electron chi connectivity index (χ3n) is 3.14. The molecule has 88 valence electrons. The highest BCUT2D eigenvalue weighted by Crippen LogP contribution is 2.27. The number of pyridine rings is 1. The summed E-state index contributed by atoms with van der Waals surface area (Å²) in [5.74, 6) is 2.80. The molecule has 1 aromatic rings. The molecule has 2 heterocycles. The molecule has 4 heteroatoms. The zero-order valence-electron chi connectivity index (χ0n) is 9.69. The van der Waals surface area contributed by atoms with Crippen LogP contribution in [0.25, 0.3) is 0 Å². The van der Waals surface area contributed by atoms with Crippen LogP contribution < -0.4 is 4.90 Å². The van der Waals surface area contributed by atoms with Gasteiger partial charge < -0.3 is 4.90 Å². The molecule has 1 aliphatic rings. The largest absolute Gasteiger partial charge is 0.352 e. The molecular formula is C12H17ClN2S. The van der Waals surface area contributed by atoms with Crippen LogP contribution in [0, 0.1) is 0 Å². The molecule has 0 N–H and O–H groups in total. The van der Waals surface area contributed by atoms with Crippen molar-refractivity contribution in [2.24, 2.45) is 0 Å². The van der Waals surface area contributed by atoms with Gasteiger partial charge in [-0.25, -0.2) is 4.98 Å². The summed E-state index contributed by atoms with van der Waals surface area (Å²) in [5, 5.41) is 0.670. The van der Waals surface area contributed by atoms with E-state index in [0.29, 0.717) is 17.2 Å². The molecule has 2 nitrogen and oxygen atoms in total. The van der Waals surface area contributed by atoms with Crippen molar-refractivity contribution in [2.45, 2.75) is 31.0 Å². The molecule has 0 bridgehead atoms. The Balaban J connectivity index is 2.15. The van der Waals surface area contributed by atoms with Crippen LogP contribution in [0.4, 0.5) is 5.82 Å². The van der Waals surface area contributed by atoms with Crippen molar-refractivity contribution >= 4 is 29.2 Å². The van der Waals surface area contributed by atoms with E-state index in [1.807, 2.05) is 18.0 Å². The highest BCUT2D eigenvalue weighted by atomic mass is 35.5. The average molecular weight is 257 g/mol. The van der Waals surface area contributed by atoms with E-state index in [-0.39, 0.29) is 0 Å². The molecule has 0 aliphatic carbocycles. The second kappa shape index (κ2) is 5.28. The summed E-state index contributed by atoms with van der Waals surface area (Å²) >= 11 is 7.80. The van der Waals surface area contributed by atoms with Crippen LogP contribution in [0.5, 0.6) is 0 Å². The normalized spacial score (nSPS) is 25.8.